The van der Waals surface area contributed by atoms with Crippen LogP contribution in [0.25, 0.3) is 0 Å². The van der Waals surface area contributed by atoms with E-state index in [-0.39, 0.29) is 26.7 Å². The number of Topliss-reactive ketones (excluding diaryl/α,β-unsaturated/α-hetero) is 1. The minimum atomic E-state index is -1.17. The maximum atomic E-state index is 13.6. The van der Waals surface area contributed by atoms with Gasteiger partial charge in [-0.1, -0.05) is 65.2 Å². The molecule has 0 aromatic heterocycles. The molecule has 6 nitrogen and oxygen atoms in total. The van der Waals surface area contributed by atoms with Crippen LogP contribution in [-0.2, 0) is 0 Å². The fraction of sp³-hybridized carbons (Fsp3) is 0.120. The Bertz CT molecular complexity index is 1270. The van der Waals surface area contributed by atoms with Gasteiger partial charge in [-0.3, -0.25) is 19.2 Å². The summed E-state index contributed by atoms with van der Waals surface area (Å²) in [7, 11) is 0. The molecule has 0 bridgehead atoms. The Hall–Kier alpha value is -3.48. The van der Waals surface area contributed by atoms with Crippen molar-refractivity contribution in [2.24, 2.45) is 0 Å². The molecule has 0 fully saturated rings. The van der Waals surface area contributed by atoms with Gasteiger partial charge in [-0.2, -0.15) is 5.01 Å². The maximum absolute atomic E-state index is 13.6. The number of rotatable bonds is 5. The van der Waals surface area contributed by atoms with Gasteiger partial charge in [0.25, 0.3) is 17.7 Å². The number of carbonyl (C=O) groups is 4. The Kier molecular flexibility index (Phi) is 6.06. The van der Waals surface area contributed by atoms with Gasteiger partial charge in [0.15, 0.2) is 5.78 Å². The lowest BCUT2D eigenvalue weighted by Gasteiger charge is -2.34. The molecule has 3 amide bonds. The fourth-order valence-electron chi connectivity index (χ4n) is 3.64. The number of halogens is 2. The highest BCUT2D eigenvalue weighted by Crippen LogP contribution is 2.29. The molecule has 4 rings (SSSR count). The highest BCUT2D eigenvalue weighted by Gasteiger charge is 2.44. The average molecular weight is 481 g/mol. The minimum Gasteiger partial charge on any atom is -0.292 e. The zero-order chi connectivity index (χ0) is 23.9. The minimum absolute atomic E-state index is 0.0736. The van der Waals surface area contributed by atoms with Crippen LogP contribution in [0.3, 0.4) is 0 Å². The zero-order valence-electron chi connectivity index (χ0n) is 17.7. The normalized spacial score (nSPS) is 13.6. The summed E-state index contributed by atoms with van der Waals surface area (Å²) in [5.41, 5.74) is 1.69. The van der Waals surface area contributed by atoms with Crippen LogP contribution >= 0.6 is 23.2 Å². The molecule has 0 spiro atoms. The molecule has 3 aromatic carbocycles. The number of ketones is 1. The Balaban J connectivity index is 1.80. The van der Waals surface area contributed by atoms with E-state index in [1.165, 1.54) is 37.3 Å². The lowest BCUT2D eigenvalue weighted by molar-refractivity contribution is -0.00680. The number of nitrogens with zero attached hydrogens (tertiary/aromatic N) is 2. The van der Waals surface area contributed by atoms with E-state index in [1.807, 2.05) is 6.92 Å². The van der Waals surface area contributed by atoms with Gasteiger partial charge in [0.05, 0.1) is 21.2 Å². The van der Waals surface area contributed by atoms with E-state index >= 15 is 0 Å². The summed E-state index contributed by atoms with van der Waals surface area (Å²) in [4.78, 5) is 53.2. The monoisotopic (exact) mass is 480 g/mol. The summed E-state index contributed by atoms with van der Waals surface area (Å²) in [5, 5.41) is 1.99. The summed E-state index contributed by atoms with van der Waals surface area (Å²) in [6.07, 6.45) is 0. The molecule has 1 aliphatic heterocycles. The average Bonchev–Trinajstić information content (AvgIpc) is 3.06. The van der Waals surface area contributed by atoms with Crippen molar-refractivity contribution < 1.29 is 19.2 Å². The zero-order valence-corrected chi connectivity index (χ0v) is 19.2. The van der Waals surface area contributed by atoms with Crippen molar-refractivity contribution in [2.45, 2.75) is 19.9 Å². The number of hydrazine groups is 1. The first kappa shape index (κ1) is 22.7. The predicted octanol–water partition coefficient (Wildman–Crippen LogP) is 5.23. The van der Waals surface area contributed by atoms with E-state index in [9.17, 15) is 19.2 Å². The van der Waals surface area contributed by atoms with Gasteiger partial charge in [-0.05, 0) is 44.2 Å². The third-order valence-electron chi connectivity index (χ3n) is 5.45. The van der Waals surface area contributed by atoms with Crippen LogP contribution in [0.4, 0.5) is 0 Å². The first-order valence-corrected chi connectivity index (χ1v) is 10.8. The molecule has 1 atom stereocenters. The Morgan fingerprint density at radius 3 is 1.91 bits per heavy atom. The van der Waals surface area contributed by atoms with E-state index in [0.29, 0.717) is 5.56 Å². The number of benzene rings is 3. The molecule has 33 heavy (non-hydrogen) atoms. The van der Waals surface area contributed by atoms with E-state index in [0.717, 1.165) is 15.6 Å². The molecule has 0 saturated carbocycles. The quantitative estimate of drug-likeness (QED) is 0.370. The highest BCUT2D eigenvalue weighted by molar-refractivity contribution is 6.42. The molecule has 0 unspecified atom stereocenters. The second kappa shape index (κ2) is 8.81. The van der Waals surface area contributed by atoms with Gasteiger partial charge in [-0.25, -0.2) is 5.01 Å². The number of carbonyl (C=O) groups excluding carboxylic acids is 4. The topological polar surface area (TPSA) is 74.8 Å². The SMILES string of the molecule is Cc1ccc(C(=O)[C@H](C)N(C(=O)c2ccc(Cl)c(Cl)c2)N2C(=O)c3ccccc3C2=O)cc1. The van der Waals surface area contributed by atoms with E-state index in [4.69, 9.17) is 23.2 Å². The molecular weight excluding hydrogens is 463 g/mol. The van der Waals surface area contributed by atoms with Crippen LogP contribution in [0.1, 0.15) is 53.9 Å². The number of hydrogen-bond acceptors (Lipinski definition) is 4. The van der Waals surface area contributed by atoms with E-state index < -0.39 is 29.5 Å². The molecule has 3 aromatic rings. The lowest BCUT2D eigenvalue weighted by atomic mass is 10.0. The van der Waals surface area contributed by atoms with Crippen molar-refractivity contribution in [2.75, 3.05) is 0 Å². The number of hydrogen-bond donors (Lipinski definition) is 0. The summed E-state index contributed by atoms with van der Waals surface area (Å²) < 4.78 is 0. The van der Waals surface area contributed by atoms with Gasteiger partial charge in [0, 0.05) is 11.1 Å². The first-order valence-electron chi connectivity index (χ1n) is 10.1. The Morgan fingerprint density at radius 2 is 1.36 bits per heavy atom. The molecule has 0 saturated heterocycles. The van der Waals surface area contributed by atoms with Crippen LogP contribution in [-0.4, -0.2) is 39.6 Å². The van der Waals surface area contributed by atoms with Crippen molar-refractivity contribution in [1.82, 2.24) is 10.0 Å². The summed E-state index contributed by atoms with van der Waals surface area (Å²) in [6, 6.07) is 16.1. The Labute approximate surface area is 200 Å². The van der Waals surface area contributed by atoms with Crippen molar-refractivity contribution >= 4 is 46.7 Å². The molecule has 0 N–H and O–H groups in total. The van der Waals surface area contributed by atoms with Crippen LogP contribution in [0, 0.1) is 6.92 Å². The highest BCUT2D eigenvalue weighted by atomic mass is 35.5. The van der Waals surface area contributed by atoms with Gasteiger partial charge < -0.3 is 0 Å². The van der Waals surface area contributed by atoms with Crippen LogP contribution < -0.4 is 0 Å². The molecule has 1 aliphatic rings. The lowest BCUT2D eigenvalue weighted by Crippen LogP contribution is -2.56. The first-order chi connectivity index (χ1) is 15.7. The van der Waals surface area contributed by atoms with Crippen LogP contribution in [0.15, 0.2) is 66.7 Å². The smallest absolute Gasteiger partial charge is 0.280 e. The third-order valence-corrected chi connectivity index (χ3v) is 6.18. The third kappa shape index (κ3) is 4.03. The van der Waals surface area contributed by atoms with Crippen molar-refractivity contribution in [3.8, 4) is 0 Å². The summed E-state index contributed by atoms with van der Waals surface area (Å²) in [5.74, 6) is -2.55. The number of amides is 3. The maximum Gasteiger partial charge on any atom is 0.280 e. The largest absolute Gasteiger partial charge is 0.292 e. The van der Waals surface area contributed by atoms with Gasteiger partial charge in [0.2, 0.25) is 0 Å². The van der Waals surface area contributed by atoms with E-state index in [2.05, 4.69) is 0 Å². The molecular formula is C25H18Cl2N2O4. The second-order valence-corrected chi connectivity index (χ2v) is 8.47. The van der Waals surface area contributed by atoms with Crippen LogP contribution in [0.5, 0.6) is 0 Å². The number of imide groups is 1. The van der Waals surface area contributed by atoms with Crippen molar-refractivity contribution in [1.29, 1.82) is 0 Å². The van der Waals surface area contributed by atoms with E-state index in [1.54, 1.807) is 36.4 Å². The summed E-state index contributed by atoms with van der Waals surface area (Å²) >= 11 is 12.1. The number of fused-ring (bicyclic) bond motifs is 1. The molecule has 166 valence electrons. The summed E-state index contributed by atoms with van der Waals surface area (Å²) in [6.45, 7) is 3.36. The van der Waals surface area contributed by atoms with Crippen molar-refractivity contribution in [3.63, 3.8) is 0 Å². The Morgan fingerprint density at radius 1 is 0.818 bits per heavy atom. The molecule has 0 aliphatic carbocycles. The van der Waals surface area contributed by atoms with Gasteiger partial charge in [0.1, 0.15) is 6.04 Å². The molecule has 1 heterocycles. The number of aryl methyl sites for hydroxylation is 1. The second-order valence-electron chi connectivity index (χ2n) is 7.65. The molecule has 8 heteroatoms. The van der Waals surface area contributed by atoms with Gasteiger partial charge in [-0.15, -0.1) is 0 Å². The van der Waals surface area contributed by atoms with Crippen LogP contribution in [0.2, 0.25) is 10.0 Å². The van der Waals surface area contributed by atoms with Gasteiger partial charge >= 0.3 is 0 Å². The fourth-order valence-corrected chi connectivity index (χ4v) is 3.94. The van der Waals surface area contributed by atoms with Crippen molar-refractivity contribution in [3.05, 3.63) is 105 Å². The molecule has 0 radical (unpaired) electrons. The predicted molar refractivity (Wildman–Crippen MR) is 125 cm³/mol. The standard InChI is InChI=1S/C25H18Cl2N2O4/c1-14-7-9-16(10-8-14)22(30)15(2)28(23(31)17-11-12-20(26)21(27)13-17)29-24(32)18-5-3-4-6-19(18)25(29)33/h3-13,15H,1-2H3/t15-/m0/s1.